The van der Waals surface area contributed by atoms with Gasteiger partial charge in [0, 0.05) is 17.5 Å². The molecule has 2 aromatic carbocycles. The maximum atomic E-state index is 13.4. The lowest BCUT2D eigenvalue weighted by molar-refractivity contribution is -0.118. The van der Waals surface area contributed by atoms with Gasteiger partial charge in [-0.1, -0.05) is 48.2 Å². The van der Waals surface area contributed by atoms with Gasteiger partial charge in [0.15, 0.2) is 16.7 Å². The number of phenolic OH excluding ortho intramolecular Hbond substituents is 1. The number of amides is 1. The van der Waals surface area contributed by atoms with E-state index in [0.717, 1.165) is 22.9 Å². The zero-order valence-electron chi connectivity index (χ0n) is 19.1. The monoisotopic (exact) mass is 584 g/mol. The van der Waals surface area contributed by atoms with Gasteiger partial charge in [0.05, 0.1) is 28.9 Å². The Morgan fingerprint density at radius 2 is 2.14 bits per heavy atom. The quantitative estimate of drug-likeness (QED) is 0.0939. The van der Waals surface area contributed by atoms with Crippen molar-refractivity contribution in [3.63, 3.8) is 0 Å². The topological polar surface area (TPSA) is 106 Å². The largest absolute Gasteiger partial charge is 0.503 e. The zero-order valence-corrected chi connectivity index (χ0v) is 22.3. The number of thioether (sulfide) groups is 1. The number of fused-ring (bicyclic) bond motifs is 1. The number of nitrogens with zero attached hydrogens (tertiary/aromatic N) is 3. The van der Waals surface area contributed by atoms with E-state index in [1.54, 1.807) is 18.2 Å². The highest BCUT2D eigenvalue weighted by Gasteiger charge is 2.17. The van der Waals surface area contributed by atoms with Gasteiger partial charge in [0.25, 0.3) is 11.5 Å². The van der Waals surface area contributed by atoms with Gasteiger partial charge in [-0.05, 0) is 39.2 Å². The summed E-state index contributed by atoms with van der Waals surface area (Å²) >= 11 is 5.79. The molecule has 4 rings (SSSR count). The van der Waals surface area contributed by atoms with Crippen molar-refractivity contribution in [1.82, 2.24) is 15.0 Å². The Bertz CT molecular complexity index is 1520. The van der Waals surface area contributed by atoms with E-state index in [0.29, 0.717) is 25.4 Å². The van der Waals surface area contributed by atoms with Crippen molar-refractivity contribution in [1.29, 1.82) is 0 Å². The van der Waals surface area contributed by atoms with Crippen LogP contribution in [0, 0.1) is 0 Å². The molecule has 0 radical (unpaired) electrons. The SMILES string of the molecule is C=CCn1c(SCC(=O)N/N=C/c2cc(Br)c(O)c(OC)c2)nc2scc(-c3ccccc3)c2c1=O. The number of aromatic hydroxyl groups is 1. The highest BCUT2D eigenvalue weighted by molar-refractivity contribution is 9.10. The summed E-state index contributed by atoms with van der Waals surface area (Å²) in [5.41, 5.74) is 4.69. The summed E-state index contributed by atoms with van der Waals surface area (Å²) in [5.74, 6) is -0.104. The fraction of sp³-hybridized carbons (Fsp3) is 0.120. The Morgan fingerprint density at radius 1 is 1.36 bits per heavy atom. The molecule has 184 valence electrons. The molecular weight excluding hydrogens is 564 g/mol. The van der Waals surface area contributed by atoms with Gasteiger partial charge in [0.1, 0.15) is 4.83 Å². The van der Waals surface area contributed by atoms with Crippen LogP contribution in [0.3, 0.4) is 0 Å². The minimum absolute atomic E-state index is 0.00589. The third kappa shape index (κ3) is 5.53. The van der Waals surface area contributed by atoms with Crippen LogP contribution in [0.5, 0.6) is 11.5 Å². The van der Waals surface area contributed by atoms with E-state index < -0.39 is 0 Å². The van der Waals surface area contributed by atoms with E-state index in [1.165, 1.54) is 29.2 Å². The minimum atomic E-state index is -0.364. The van der Waals surface area contributed by atoms with Crippen LogP contribution in [-0.4, -0.2) is 39.6 Å². The van der Waals surface area contributed by atoms with E-state index in [4.69, 9.17) is 4.74 Å². The molecule has 4 aromatic rings. The van der Waals surface area contributed by atoms with Crippen molar-refractivity contribution in [2.24, 2.45) is 5.10 Å². The zero-order chi connectivity index (χ0) is 25.7. The smallest absolute Gasteiger partial charge is 0.263 e. The molecule has 0 spiro atoms. The Morgan fingerprint density at radius 3 is 2.86 bits per heavy atom. The Hall–Kier alpha value is -3.41. The first kappa shape index (κ1) is 25.7. The normalized spacial score (nSPS) is 11.2. The number of thiophene rings is 1. The third-order valence-corrected chi connectivity index (χ3v) is 7.51. The van der Waals surface area contributed by atoms with Gasteiger partial charge in [-0.3, -0.25) is 14.2 Å². The van der Waals surface area contributed by atoms with Gasteiger partial charge in [0.2, 0.25) is 0 Å². The van der Waals surface area contributed by atoms with Gasteiger partial charge in [-0.15, -0.1) is 17.9 Å². The average molecular weight is 586 g/mol. The number of carbonyl (C=O) groups is 1. The summed E-state index contributed by atoms with van der Waals surface area (Å²) in [5, 5.41) is 16.8. The second-order valence-corrected chi connectivity index (χ2v) is 10.1. The van der Waals surface area contributed by atoms with Crippen LogP contribution in [0.15, 0.2) is 80.0 Å². The first-order valence-corrected chi connectivity index (χ1v) is 13.3. The standard InChI is InChI=1S/C25H21BrN4O4S2/c1-3-9-30-24(33)21-17(16-7-5-4-6-8-16)13-35-23(21)28-25(30)36-14-20(31)29-27-12-15-10-18(26)22(32)19(11-15)34-2/h3-8,10-13,32H,1,9,14H2,2H3,(H,29,31)/b27-12+. The van der Waals surface area contributed by atoms with Crippen molar-refractivity contribution in [3.8, 4) is 22.6 Å². The van der Waals surface area contributed by atoms with Crippen LogP contribution in [0.4, 0.5) is 0 Å². The van der Waals surface area contributed by atoms with Crippen LogP contribution in [0.2, 0.25) is 0 Å². The fourth-order valence-corrected chi connectivity index (χ4v) is 5.65. The summed E-state index contributed by atoms with van der Waals surface area (Å²) < 4.78 is 7.07. The molecule has 0 unspecified atom stereocenters. The molecular formula is C25H21BrN4O4S2. The number of hydrogen-bond donors (Lipinski definition) is 2. The second kappa shape index (κ2) is 11.5. The number of benzene rings is 2. The molecule has 0 bridgehead atoms. The van der Waals surface area contributed by atoms with E-state index in [-0.39, 0.29) is 35.3 Å². The summed E-state index contributed by atoms with van der Waals surface area (Å²) in [7, 11) is 1.44. The van der Waals surface area contributed by atoms with E-state index in [1.807, 2.05) is 35.7 Å². The lowest BCUT2D eigenvalue weighted by atomic mass is 10.1. The predicted octanol–water partition coefficient (Wildman–Crippen LogP) is 5.03. The maximum Gasteiger partial charge on any atom is 0.263 e. The highest BCUT2D eigenvalue weighted by Crippen LogP contribution is 2.35. The van der Waals surface area contributed by atoms with Gasteiger partial charge in [-0.2, -0.15) is 5.10 Å². The average Bonchev–Trinajstić information content (AvgIpc) is 3.31. The van der Waals surface area contributed by atoms with Gasteiger partial charge >= 0.3 is 0 Å². The molecule has 0 saturated carbocycles. The predicted molar refractivity (Wildman–Crippen MR) is 148 cm³/mol. The molecule has 2 heterocycles. The molecule has 11 heteroatoms. The van der Waals surface area contributed by atoms with Crippen LogP contribution in [0.25, 0.3) is 21.3 Å². The minimum Gasteiger partial charge on any atom is -0.503 e. The van der Waals surface area contributed by atoms with E-state index in [2.05, 4.69) is 38.0 Å². The lowest BCUT2D eigenvalue weighted by Gasteiger charge is -2.10. The van der Waals surface area contributed by atoms with Crippen LogP contribution in [-0.2, 0) is 11.3 Å². The molecule has 0 aliphatic carbocycles. The summed E-state index contributed by atoms with van der Waals surface area (Å²) in [6.45, 7) is 4.02. The van der Waals surface area contributed by atoms with Crippen LogP contribution >= 0.6 is 39.0 Å². The Kier molecular flexibility index (Phi) is 8.24. The number of carbonyl (C=O) groups excluding carboxylic acids is 1. The highest BCUT2D eigenvalue weighted by atomic mass is 79.9. The Balaban J connectivity index is 1.51. The molecule has 1 amide bonds. The number of phenols is 1. The van der Waals surface area contributed by atoms with Crippen molar-refractivity contribution < 1.29 is 14.6 Å². The maximum absolute atomic E-state index is 13.4. The van der Waals surface area contributed by atoms with Gasteiger partial charge in [-0.25, -0.2) is 10.4 Å². The van der Waals surface area contributed by atoms with E-state index in [9.17, 15) is 14.7 Å². The van der Waals surface area contributed by atoms with Crippen LogP contribution in [0.1, 0.15) is 5.56 Å². The number of ether oxygens (including phenoxy) is 1. The van der Waals surface area contributed by atoms with Gasteiger partial charge < -0.3 is 9.84 Å². The molecule has 8 nitrogen and oxygen atoms in total. The molecule has 2 N–H and O–H groups in total. The molecule has 0 atom stereocenters. The van der Waals surface area contributed by atoms with Crippen molar-refractivity contribution in [2.45, 2.75) is 11.7 Å². The number of rotatable bonds is 9. The molecule has 0 saturated heterocycles. The number of nitrogens with one attached hydrogen (secondary N) is 1. The second-order valence-electron chi connectivity index (χ2n) is 7.43. The third-order valence-electron chi connectivity index (χ3n) is 5.06. The first-order valence-electron chi connectivity index (χ1n) is 10.6. The number of halogens is 1. The van der Waals surface area contributed by atoms with Crippen molar-refractivity contribution >= 4 is 61.4 Å². The summed E-state index contributed by atoms with van der Waals surface area (Å²) in [6.07, 6.45) is 3.06. The van der Waals surface area contributed by atoms with Crippen molar-refractivity contribution in [2.75, 3.05) is 12.9 Å². The van der Waals surface area contributed by atoms with E-state index >= 15 is 0 Å². The van der Waals surface area contributed by atoms with Crippen molar-refractivity contribution in [3.05, 3.63) is 80.9 Å². The first-order chi connectivity index (χ1) is 17.4. The summed E-state index contributed by atoms with van der Waals surface area (Å²) in [4.78, 5) is 31.1. The number of hydrazone groups is 1. The number of allylic oxidation sites excluding steroid dienone is 1. The summed E-state index contributed by atoms with van der Waals surface area (Å²) in [6, 6.07) is 12.9. The number of hydrogen-bond acceptors (Lipinski definition) is 8. The molecule has 36 heavy (non-hydrogen) atoms. The van der Waals surface area contributed by atoms with Crippen LogP contribution < -0.4 is 15.7 Å². The molecule has 0 aliphatic heterocycles. The molecule has 2 aromatic heterocycles. The Labute approximate surface area is 223 Å². The number of methoxy groups -OCH3 is 1. The lowest BCUT2D eigenvalue weighted by Crippen LogP contribution is -2.24. The number of aromatic nitrogens is 2. The molecule has 0 aliphatic rings. The fourth-order valence-electron chi connectivity index (χ4n) is 3.40. The molecule has 0 fully saturated rings.